The molecule has 41 heavy (non-hydrogen) atoms. The van der Waals surface area contributed by atoms with Gasteiger partial charge in [0, 0.05) is 45.8 Å². The molecule has 4 rings (SSSR count). The van der Waals surface area contributed by atoms with Gasteiger partial charge in [-0.2, -0.15) is 0 Å². The van der Waals surface area contributed by atoms with E-state index in [1.54, 1.807) is 26.1 Å². The van der Waals surface area contributed by atoms with Crippen LogP contribution in [-0.4, -0.2) is 78.1 Å². The summed E-state index contributed by atoms with van der Waals surface area (Å²) in [4.78, 5) is 27.6. The fraction of sp³-hybridized carbons (Fsp3) is 0.438. The summed E-state index contributed by atoms with van der Waals surface area (Å²) < 4.78 is 11.3. The first kappa shape index (κ1) is 31.7. The SMILES string of the molecule is CC(=O)c1cc(C(=O)N(C)Cc2ccc(C)o2)c(O)cc1O.CCc1ccc(OCCN2CCNCC2)cc1CC. The van der Waals surface area contributed by atoms with Gasteiger partial charge in [-0.05, 0) is 68.1 Å². The largest absolute Gasteiger partial charge is 0.507 e. The zero-order chi connectivity index (χ0) is 29.9. The molecule has 1 saturated heterocycles. The predicted molar refractivity (Wildman–Crippen MR) is 159 cm³/mol. The number of aryl methyl sites for hydroxylation is 3. The van der Waals surface area contributed by atoms with E-state index in [1.165, 1.54) is 29.0 Å². The summed E-state index contributed by atoms with van der Waals surface area (Å²) in [5.41, 5.74) is 2.80. The molecule has 1 amide bonds. The number of hydrogen-bond donors (Lipinski definition) is 3. The number of ether oxygens (including phenoxy) is 1. The Bertz CT molecular complexity index is 1310. The lowest BCUT2D eigenvalue weighted by molar-refractivity contribution is 0.0772. The highest BCUT2D eigenvalue weighted by molar-refractivity contribution is 6.03. The van der Waals surface area contributed by atoms with Crippen molar-refractivity contribution in [3.8, 4) is 17.2 Å². The number of nitrogens with one attached hydrogen (secondary N) is 1. The quantitative estimate of drug-likeness (QED) is 0.306. The Balaban J connectivity index is 0.000000228. The summed E-state index contributed by atoms with van der Waals surface area (Å²) in [7, 11) is 1.56. The monoisotopic (exact) mass is 565 g/mol. The Morgan fingerprint density at radius 3 is 2.27 bits per heavy atom. The van der Waals surface area contributed by atoms with Crippen molar-refractivity contribution >= 4 is 11.7 Å². The molecular formula is C32H43N3O6. The van der Waals surface area contributed by atoms with Gasteiger partial charge in [0.25, 0.3) is 5.91 Å². The van der Waals surface area contributed by atoms with Gasteiger partial charge in [0.05, 0.1) is 17.7 Å². The Kier molecular flexibility index (Phi) is 11.8. The Morgan fingerprint density at radius 1 is 0.976 bits per heavy atom. The minimum Gasteiger partial charge on any atom is -0.507 e. The van der Waals surface area contributed by atoms with Gasteiger partial charge in [0.2, 0.25) is 0 Å². The fourth-order valence-electron chi connectivity index (χ4n) is 4.71. The summed E-state index contributed by atoms with van der Waals surface area (Å²) in [6, 6.07) is 12.3. The lowest BCUT2D eigenvalue weighted by Gasteiger charge is -2.27. The molecule has 0 unspecified atom stereocenters. The predicted octanol–water partition coefficient (Wildman–Crippen LogP) is 4.57. The maximum absolute atomic E-state index is 12.4. The highest BCUT2D eigenvalue weighted by Crippen LogP contribution is 2.29. The number of amides is 1. The summed E-state index contributed by atoms with van der Waals surface area (Å²) in [6.07, 6.45) is 2.18. The highest BCUT2D eigenvalue weighted by atomic mass is 16.5. The first-order chi connectivity index (χ1) is 19.6. The number of benzene rings is 2. The van der Waals surface area contributed by atoms with Gasteiger partial charge in [-0.25, -0.2) is 0 Å². The van der Waals surface area contributed by atoms with Gasteiger partial charge in [-0.1, -0.05) is 19.9 Å². The van der Waals surface area contributed by atoms with Crippen molar-refractivity contribution in [2.75, 3.05) is 46.4 Å². The van der Waals surface area contributed by atoms with Gasteiger partial charge in [-0.3, -0.25) is 14.5 Å². The van der Waals surface area contributed by atoms with Crippen LogP contribution in [0.2, 0.25) is 0 Å². The number of hydrogen-bond acceptors (Lipinski definition) is 8. The van der Waals surface area contributed by atoms with Crippen molar-refractivity contribution in [1.82, 2.24) is 15.1 Å². The number of carbonyl (C=O) groups is 2. The van der Waals surface area contributed by atoms with Gasteiger partial charge in [0.15, 0.2) is 5.78 Å². The van der Waals surface area contributed by atoms with Crippen LogP contribution in [0.3, 0.4) is 0 Å². The normalized spacial score (nSPS) is 13.3. The van der Waals surface area contributed by atoms with Crippen molar-refractivity contribution in [2.24, 2.45) is 0 Å². The maximum atomic E-state index is 12.4. The standard InChI is InChI=1S/C16H26N2O.C16H17NO5/c1-3-14-5-6-16(13-15(14)4-2)19-12-11-18-9-7-17-8-10-18;1-9-4-5-11(22-9)8-17(3)16(21)13-6-12(10(2)18)14(19)7-15(13)20/h5-6,13,17H,3-4,7-12H2,1-2H3;4-7,19-20H,8H2,1-3H3. The number of piperazine rings is 1. The first-order valence-electron chi connectivity index (χ1n) is 14.2. The second kappa shape index (κ2) is 15.3. The van der Waals surface area contributed by atoms with Crippen LogP contribution in [0.5, 0.6) is 17.2 Å². The number of nitrogens with zero attached hydrogens (tertiary/aromatic N) is 2. The molecular weight excluding hydrogens is 522 g/mol. The summed E-state index contributed by atoms with van der Waals surface area (Å²) in [5.74, 6) is 0.760. The molecule has 1 aromatic heterocycles. The number of Topliss-reactive ketones (excluding diaryl/α,β-unsaturated/α-hetero) is 1. The lowest BCUT2D eigenvalue weighted by atomic mass is 10.0. The fourth-order valence-corrected chi connectivity index (χ4v) is 4.71. The molecule has 0 aliphatic carbocycles. The van der Waals surface area contributed by atoms with E-state index in [0.717, 1.165) is 69.7 Å². The molecule has 2 aromatic carbocycles. The number of ketones is 1. The van der Waals surface area contributed by atoms with E-state index in [2.05, 4.69) is 42.3 Å². The summed E-state index contributed by atoms with van der Waals surface area (Å²) in [5, 5.41) is 22.8. The van der Waals surface area contributed by atoms with E-state index >= 15 is 0 Å². The van der Waals surface area contributed by atoms with Gasteiger partial charge >= 0.3 is 0 Å². The number of carbonyl (C=O) groups excluding carboxylic acids is 2. The van der Waals surface area contributed by atoms with Crippen LogP contribution in [0.1, 0.15) is 64.1 Å². The number of furan rings is 1. The third-order valence-electron chi connectivity index (χ3n) is 7.08. The molecule has 0 saturated carbocycles. The highest BCUT2D eigenvalue weighted by Gasteiger charge is 2.21. The Hall–Kier alpha value is -3.82. The Morgan fingerprint density at radius 2 is 1.66 bits per heavy atom. The van der Waals surface area contributed by atoms with Crippen LogP contribution >= 0.6 is 0 Å². The smallest absolute Gasteiger partial charge is 0.257 e. The van der Waals surface area contributed by atoms with Crippen molar-refractivity contribution in [3.63, 3.8) is 0 Å². The Labute approximate surface area is 242 Å². The van der Waals surface area contributed by atoms with E-state index in [1.807, 2.05) is 0 Å². The molecule has 3 aromatic rings. The topological polar surface area (TPSA) is 115 Å². The van der Waals surface area contributed by atoms with Gasteiger partial charge in [0.1, 0.15) is 35.4 Å². The number of phenolic OH excluding ortho intramolecular Hbond substituents is 2. The molecule has 3 N–H and O–H groups in total. The first-order valence-corrected chi connectivity index (χ1v) is 14.2. The average molecular weight is 566 g/mol. The molecule has 0 atom stereocenters. The molecule has 222 valence electrons. The third-order valence-corrected chi connectivity index (χ3v) is 7.08. The minimum absolute atomic E-state index is 0.0107. The summed E-state index contributed by atoms with van der Waals surface area (Å²) in [6.45, 7) is 14.0. The van der Waals surface area contributed by atoms with Crippen LogP contribution in [0.4, 0.5) is 0 Å². The number of phenols is 2. The van der Waals surface area contributed by atoms with E-state index in [9.17, 15) is 19.8 Å². The van der Waals surface area contributed by atoms with E-state index in [-0.39, 0.29) is 29.2 Å². The average Bonchev–Trinajstić information content (AvgIpc) is 3.37. The molecule has 9 nitrogen and oxygen atoms in total. The third kappa shape index (κ3) is 9.09. The number of aromatic hydroxyl groups is 2. The van der Waals surface area contributed by atoms with Crippen molar-refractivity contribution in [1.29, 1.82) is 0 Å². The van der Waals surface area contributed by atoms with E-state index in [0.29, 0.717) is 5.76 Å². The van der Waals surface area contributed by atoms with Gasteiger partial charge < -0.3 is 29.6 Å². The van der Waals surface area contributed by atoms with Crippen LogP contribution in [0.15, 0.2) is 46.9 Å². The van der Waals surface area contributed by atoms with Crippen molar-refractivity contribution < 1.29 is 29.0 Å². The van der Waals surface area contributed by atoms with Crippen LogP contribution in [-0.2, 0) is 19.4 Å². The lowest BCUT2D eigenvalue weighted by Crippen LogP contribution is -2.44. The molecule has 1 aliphatic heterocycles. The van der Waals surface area contributed by atoms with Crippen molar-refractivity contribution in [3.05, 3.63) is 76.2 Å². The van der Waals surface area contributed by atoms with Crippen LogP contribution in [0, 0.1) is 6.92 Å². The minimum atomic E-state index is -0.478. The van der Waals surface area contributed by atoms with Gasteiger partial charge in [-0.15, -0.1) is 0 Å². The zero-order valence-corrected chi connectivity index (χ0v) is 24.8. The molecule has 0 radical (unpaired) electrons. The molecule has 0 bridgehead atoms. The second-order valence-corrected chi connectivity index (χ2v) is 10.2. The van der Waals surface area contributed by atoms with E-state index in [4.69, 9.17) is 9.15 Å². The molecule has 1 aliphatic rings. The van der Waals surface area contributed by atoms with Crippen molar-refractivity contribution in [2.45, 2.75) is 47.1 Å². The summed E-state index contributed by atoms with van der Waals surface area (Å²) >= 11 is 0. The second-order valence-electron chi connectivity index (χ2n) is 10.2. The molecule has 0 spiro atoms. The number of rotatable bonds is 10. The maximum Gasteiger partial charge on any atom is 0.257 e. The molecule has 2 heterocycles. The molecule has 9 heteroatoms. The zero-order valence-electron chi connectivity index (χ0n) is 24.8. The van der Waals surface area contributed by atoms with E-state index < -0.39 is 11.7 Å². The van der Waals surface area contributed by atoms with Crippen LogP contribution < -0.4 is 10.1 Å². The van der Waals surface area contributed by atoms with Crippen LogP contribution in [0.25, 0.3) is 0 Å². The molecule has 1 fully saturated rings.